The Morgan fingerprint density at radius 2 is 2.28 bits per heavy atom. The minimum absolute atomic E-state index is 0.0957. The number of imidazole rings is 1. The lowest BCUT2D eigenvalue weighted by molar-refractivity contribution is -0.384. The molecule has 1 atom stereocenters. The Bertz CT molecular complexity index is 793. The van der Waals surface area contributed by atoms with Gasteiger partial charge in [0.05, 0.1) is 22.8 Å². The summed E-state index contributed by atoms with van der Waals surface area (Å²) < 4.78 is 13.9. The second kappa shape index (κ2) is 8.15. The van der Waals surface area contributed by atoms with Crippen LogP contribution in [0.5, 0.6) is 0 Å². The molecule has 0 aliphatic carbocycles. The SMILES string of the molecule is [B]c1nc2c([N+](=O)[O-])c(Br)c(Br)cc2n1CCCOC1CCCCO1. The average molecular weight is 473 g/mol. The molecule has 0 spiro atoms. The van der Waals surface area contributed by atoms with Crippen molar-refractivity contribution in [2.24, 2.45) is 0 Å². The summed E-state index contributed by atoms with van der Waals surface area (Å²) in [5.41, 5.74) is 1.04. The van der Waals surface area contributed by atoms with Crippen molar-refractivity contribution in [1.82, 2.24) is 9.55 Å². The number of hydrogen-bond donors (Lipinski definition) is 0. The number of rotatable bonds is 6. The fourth-order valence-corrected chi connectivity index (χ4v) is 3.74. The fraction of sp³-hybridized carbons (Fsp3) is 0.533. The molecule has 0 amide bonds. The summed E-state index contributed by atoms with van der Waals surface area (Å²) in [7, 11) is 5.98. The van der Waals surface area contributed by atoms with Gasteiger partial charge in [0, 0.05) is 17.6 Å². The molecule has 2 aromatic rings. The van der Waals surface area contributed by atoms with E-state index in [-0.39, 0.29) is 23.2 Å². The van der Waals surface area contributed by atoms with Crippen molar-refractivity contribution < 1.29 is 14.4 Å². The van der Waals surface area contributed by atoms with Crippen LogP contribution in [0.4, 0.5) is 5.69 Å². The molecule has 1 fully saturated rings. The van der Waals surface area contributed by atoms with Crippen LogP contribution in [0, 0.1) is 10.1 Å². The second-order valence-electron chi connectivity index (χ2n) is 5.79. The Kier molecular flexibility index (Phi) is 6.14. The predicted octanol–water partition coefficient (Wildman–Crippen LogP) is 3.20. The van der Waals surface area contributed by atoms with Crippen LogP contribution in [-0.4, -0.2) is 41.8 Å². The number of nitro benzene ring substituents is 1. The number of fused-ring (bicyclic) bond motifs is 1. The number of nitrogens with zero attached hydrogens (tertiary/aromatic N) is 3. The first-order valence-corrected chi connectivity index (χ1v) is 9.59. The highest BCUT2D eigenvalue weighted by atomic mass is 79.9. The molecule has 7 nitrogen and oxygen atoms in total. The van der Waals surface area contributed by atoms with E-state index >= 15 is 0 Å². The molecular formula is C15H16BBr2N3O4. The molecule has 1 unspecified atom stereocenters. The molecule has 1 aliphatic rings. The van der Waals surface area contributed by atoms with Gasteiger partial charge >= 0.3 is 5.69 Å². The highest BCUT2D eigenvalue weighted by Gasteiger charge is 2.24. The predicted molar refractivity (Wildman–Crippen MR) is 101 cm³/mol. The van der Waals surface area contributed by atoms with Gasteiger partial charge in [-0.3, -0.25) is 10.1 Å². The van der Waals surface area contributed by atoms with Gasteiger partial charge in [-0.25, -0.2) is 4.98 Å². The normalized spacial score (nSPS) is 17.9. The molecule has 25 heavy (non-hydrogen) atoms. The third-order valence-electron chi connectivity index (χ3n) is 4.09. The van der Waals surface area contributed by atoms with Gasteiger partial charge in [-0.05, 0) is 63.6 Å². The summed E-state index contributed by atoms with van der Waals surface area (Å²) >= 11 is 6.57. The van der Waals surface area contributed by atoms with Gasteiger partial charge in [0.25, 0.3) is 0 Å². The van der Waals surface area contributed by atoms with Crippen LogP contribution in [0.15, 0.2) is 15.0 Å². The zero-order valence-corrected chi connectivity index (χ0v) is 16.6. The van der Waals surface area contributed by atoms with Crippen LogP contribution in [0.3, 0.4) is 0 Å². The molecule has 1 aliphatic heterocycles. The Labute approximate surface area is 162 Å². The molecular weight excluding hydrogens is 457 g/mol. The molecule has 1 aromatic heterocycles. The zero-order valence-electron chi connectivity index (χ0n) is 13.4. The summed E-state index contributed by atoms with van der Waals surface area (Å²) in [6.45, 7) is 1.83. The first kappa shape index (κ1) is 18.8. The summed E-state index contributed by atoms with van der Waals surface area (Å²) in [5.74, 6) is 0. The minimum Gasteiger partial charge on any atom is -0.353 e. The number of hydrogen-bond acceptors (Lipinski definition) is 5. The number of halogens is 2. The summed E-state index contributed by atoms with van der Waals surface area (Å²) in [6.07, 6.45) is 3.70. The molecule has 2 heterocycles. The Balaban J connectivity index is 1.75. The maximum absolute atomic E-state index is 11.4. The van der Waals surface area contributed by atoms with E-state index in [2.05, 4.69) is 36.8 Å². The molecule has 0 bridgehead atoms. The van der Waals surface area contributed by atoms with E-state index in [0.717, 1.165) is 25.9 Å². The maximum atomic E-state index is 11.4. The topological polar surface area (TPSA) is 79.4 Å². The Hall–Kier alpha value is -0.965. The van der Waals surface area contributed by atoms with Gasteiger partial charge in [-0.15, -0.1) is 0 Å². The van der Waals surface area contributed by atoms with Crippen LogP contribution in [0.2, 0.25) is 0 Å². The Morgan fingerprint density at radius 1 is 1.48 bits per heavy atom. The number of nitro groups is 1. The van der Waals surface area contributed by atoms with Gasteiger partial charge < -0.3 is 14.0 Å². The molecule has 0 saturated carbocycles. The van der Waals surface area contributed by atoms with Crippen molar-refractivity contribution >= 4 is 62.2 Å². The molecule has 1 aromatic carbocycles. The van der Waals surface area contributed by atoms with E-state index in [4.69, 9.17) is 17.3 Å². The lowest BCUT2D eigenvalue weighted by atomic mass is 10.1. The number of aromatic nitrogens is 2. The van der Waals surface area contributed by atoms with Crippen molar-refractivity contribution in [3.05, 3.63) is 25.1 Å². The highest BCUT2D eigenvalue weighted by molar-refractivity contribution is 9.13. The summed E-state index contributed by atoms with van der Waals surface area (Å²) in [5, 5.41) is 11.4. The van der Waals surface area contributed by atoms with Gasteiger partial charge in [0.1, 0.15) is 4.47 Å². The molecule has 2 radical (unpaired) electrons. The number of ether oxygens (including phenoxy) is 2. The summed E-state index contributed by atoms with van der Waals surface area (Å²) in [4.78, 5) is 15.1. The summed E-state index contributed by atoms with van der Waals surface area (Å²) in [6, 6.07) is 1.78. The van der Waals surface area contributed by atoms with Gasteiger partial charge in [0.2, 0.25) is 0 Å². The third kappa shape index (κ3) is 4.07. The van der Waals surface area contributed by atoms with Crippen molar-refractivity contribution in [3.8, 4) is 0 Å². The van der Waals surface area contributed by atoms with Crippen molar-refractivity contribution in [2.45, 2.75) is 38.5 Å². The van der Waals surface area contributed by atoms with E-state index < -0.39 is 4.92 Å². The number of benzene rings is 1. The second-order valence-corrected chi connectivity index (χ2v) is 7.44. The van der Waals surface area contributed by atoms with Crippen LogP contribution in [0.25, 0.3) is 11.0 Å². The standard InChI is InChI=1S/C15H16BBr2N3O4/c16-15-19-13-10(8-9(17)12(18)14(13)21(22)23)20(15)5-3-7-25-11-4-1-2-6-24-11/h8,11H,1-7H2. The number of aryl methyl sites for hydroxylation is 1. The average Bonchev–Trinajstić information content (AvgIpc) is 2.88. The lowest BCUT2D eigenvalue weighted by Crippen LogP contribution is -2.24. The van der Waals surface area contributed by atoms with Crippen LogP contribution in [0.1, 0.15) is 25.7 Å². The van der Waals surface area contributed by atoms with Crippen molar-refractivity contribution in [3.63, 3.8) is 0 Å². The minimum atomic E-state index is -0.461. The molecule has 132 valence electrons. The molecule has 0 N–H and O–H groups in total. The monoisotopic (exact) mass is 471 g/mol. The van der Waals surface area contributed by atoms with Crippen LogP contribution < -0.4 is 5.72 Å². The van der Waals surface area contributed by atoms with E-state index in [1.54, 1.807) is 10.6 Å². The molecule has 1 saturated heterocycles. The van der Waals surface area contributed by atoms with Gasteiger partial charge in [-0.2, -0.15) is 0 Å². The third-order valence-corrected chi connectivity index (χ3v) is 6.05. The van der Waals surface area contributed by atoms with E-state index in [1.807, 2.05) is 0 Å². The quantitative estimate of drug-likeness (QED) is 0.279. The van der Waals surface area contributed by atoms with Crippen molar-refractivity contribution in [2.75, 3.05) is 13.2 Å². The highest BCUT2D eigenvalue weighted by Crippen LogP contribution is 2.38. The maximum Gasteiger partial charge on any atom is 0.312 e. The van der Waals surface area contributed by atoms with Gasteiger partial charge in [-0.1, -0.05) is 0 Å². The zero-order chi connectivity index (χ0) is 18.0. The molecule has 10 heteroatoms. The smallest absolute Gasteiger partial charge is 0.312 e. The first-order chi connectivity index (χ1) is 12.0. The van der Waals surface area contributed by atoms with E-state index in [9.17, 15) is 10.1 Å². The fourth-order valence-electron chi connectivity index (χ4n) is 2.89. The van der Waals surface area contributed by atoms with Crippen molar-refractivity contribution in [1.29, 1.82) is 0 Å². The van der Waals surface area contributed by atoms with Crippen LogP contribution in [-0.2, 0) is 16.0 Å². The van der Waals surface area contributed by atoms with Crippen LogP contribution >= 0.6 is 31.9 Å². The lowest BCUT2D eigenvalue weighted by Gasteiger charge is -2.22. The Morgan fingerprint density at radius 3 is 2.96 bits per heavy atom. The van der Waals surface area contributed by atoms with E-state index in [1.165, 1.54) is 0 Å². The largest absolute Gasteiger partial charge is 0.353 e. The molecule has 3 rings (SSSR count). The van der Waals surface area contributed by atoms with E-state index in [0.29, 0.717) is 34.0 Å². The first-order valence-electron chi connectivity index (χ1n) is 8.00. The van der Waals surface area contributed by atoms with Gasteiger partial charge in [0.15, 0.2) is 19.7 Å².